The molecule has 0 saturated carbocycles. The van der Waals surface area contributed by atoms with E-state index in [1.165, 1.54) is 0 Å². The summed E-state index contributed by atoms with van der Waals surface area (Å²) in [7, 11) is 0. The highest BCUT2D eigenvalue weighted by Gasteiger charge is 1.92. The highest BCUT2D eigenvalue weighted by atomic mass is 16.3. The third kappa shape index (κ3) is 9.48. The summed E-state index contributed by atoms with van der Waals surface area (Å²) in [5.74, 6) is 2.59. The van der Waals surface area contributed by atoms with E-state index in [1.54, 1.807) is 6.92 Å². The van der Waals surface area contributed by atoms with Gasteiger partial charge in [0, 0.05) is 13.0 Å². The number of rotatable bonds is 6. The Morgan fingerprint density at radius 3 is 2.82 bits per heavy atom. The lowest BCUT2D eigenvalue weighted by atomic mass is 10.2. The lowest BCUT2D eigenvalue weighted by Crippen LogP contribution is -2.25. The van der Waals surface area contributed by atoms with Crippen molar-refractivity contribution in [3.63, 3.8) is 0 Å². The van der Waals surface area contributed by atoms with Gasteiger partial charge in [-0.25, -0.2) is 0 Å². The molecule has 2 heteroatoms. The van der Waals surface area contributed by atoms with Crippen LogP contribution in [0.2, 0.25) is 0 Å². The van der Waals surface area contributed by atoms with Crippen molar-refractivity contribution in [1.29, 1.82) is 0 Å². The number of aliphatic hydroxyl groups is 1. The molecule has 64 valence electrons. The molecule has 0 unspecified atom stereocenters. The molecule has 0 spiro atoms. The van der Waals surface area contributed by atoms with Crippen molar-refractivity contribution in [2.75, 3.05) is 13.1 Å². The molecule has 0 fully saturated rings. The number of hydrogen-bond acceptors (Lipinski definition) is 2. The molecule has 2 nitrogen and oxygen atoms in total. The monoisotopic (exact) mass is 155 g/mol. The van der Waals surface area contributed by atoms with Gasteiger partial charge in [-0.2, -0.15) is 0 Å². The third-order valence-electron chi connectivity index (χ3n) is 1.36. The second-order valence-corrected chi connectivity index (χ2v) is 2.71. The first-order chi connectivity index (χ1) is 5.27. The first-order valence-corrected chi connectivity index (χ1v) is 4.09. The molecular weight excluding hydrogens is 138 g/mol. The summed E-state index contributed by atoms with van der Waals surface area (Å²) in [6.45, 7) is 3.40. The van der Waals surface area contributed by atoms with Gasteiger partial charge in [-0.1, -0.05) is 0 Å². The van der Waals surface area contributed by atoms with Crippen LogP contribution >= 0.6 is 0 Å². The van der Waals surface area contributed by atoms with Crippen LogP contribution in [0.1, 0.15) is 26.2 Å². The van der Waals surface area contributed by atoms with E-state index in [9.17, 15) is 0 Å². The minimum atomic E-state index is -0.248. The largest absolute Gasteiger partial charge is 0.392 e. The fourth-order valence-electron chi connectivity index (χ4n) is 0.788. The zero-order chi connectivity index (χ0) is 8.53. The maximum Gasteiger partial charge on any atom is 0.0636 e. The van der Waals surface area contributed by atoms with Crippen LogP contribution in [-0.4, -0.2) is 24.3 Å². The molecule has 0 bridgehead atoms. The van der Waals surface area contributed by atoms with Crippen LogP contribution in [0.4, 0.5) is 0 Å². The summed E-state index contributed by atoms with van der Waals surface area (Å²) in [6.07, 6.45) is 7.86. The highest BCUT2D eigenvalue weighted by Crippen LogP contribution is 1.90. The predicted octanol–water partition coefficient (Wildman–Crippen LogP) is 0.760. The second-order valence-electron chi connectivity index (χ2n) is 2.71. The van der Waals surface area contributed by atoms with Gasteiger partial charge in [0.2, 0.25) is 0 Å². The van der Waals surface area contributed by atoms with E-state index < -0.39 is 0 Å². The Labute approximate surface area is 69.0 Å². The Morgan fingerprint density at radius 2 is 2.27 bits per heavy atom. The van der Waals surface area contributed by atoms with Gasteiger partial charge < -0.3 is 10.4 Å². The Balaban J connectivity index is 2.86. The molecule has 0 radical (unpaired) electrons. The molecule has 0 aromatic rings. The first-order valence-electron chi connectivity index (χ1n) is 4.09. The van der Waals surface area contributed by atoms with Crippen LogP contribution in [-0.2, 0) is 0 Å². The molecule has 0 amide bonds. The van der Waals surface area contributed by atoms with Crippen molar-refractivity contribution >= 4 is 0 Å². The summed E-state index contributed by atoms with van der Waals surface area (Å²) in [4.78, 5) is 0. The van der Waals surface area contributed by atoms with Gasteiger partial charge in [0.15, 0.2) is 0 Å². The van der Waals surface area contributed by atoms with Crippen molar-refractivity contribution in [2.45, 2.75) is 32.3 Å². The maximum absolute atomic E-state index is 8.86. The van der Waals surface area contributed by atoms with Gasteiger partial charge in [0.1, 0.15) is 0 Å². The average Bonchev–Trinajstić information content (AvgIpc) is 1.96. The van der Waals surface area contributed by atoms with E-state index in [-0.39, 0.29) is 6.10 Å². The number of unbranched alkanes of at least 4 members (excludes halogenated alkanes) is 2. The molecule has 0 rings (SSSR count). The third-order valence-corrected chi connectivity index (χ3v) is 1.36. The van der Waals surface area contributed by atoms with Crippen LogP contribution in [0.25, 0.3) is 0 Å². The van der Waals surface area contributed by atoms with E-state index in [0.29, 0.717) is 6.54 Å². The van der Waals surface area contributed by atoms with Gasteiger partial charge in [-0.3, -0.25) is 0 Å². The van der Waals surface area contributed by atoms with Crippen molar-refractivity contribution in [2.24, 2.45) is 0 Å². The molecule has 0 heterocycles. The zero-order valence-corrected chi connectivity index (χ0v) is 7.14. The van der Waals surface area contributed by atoms with E-state index in [1.807, 2.05) is 0 Å². The Bertz CT molecular complexity index is 115. The van der Waals surface area contributed by atoms with E-state index >= 15 is 0 Å². The molecule has 0 aromatic heterocycles. The molecule has 1 atom stereocenters. The lowest BCUT2D eigenvalue weighted by molar-refractivity contribution is 0.191. The second kappa shape index (κ2) is 7.59. The number of hydrogen-bond donors (Lipinski definition) is 2. The Hall–Kier alpha value is -0.520. The number of nitrogens with one attached hydrogen (secondary N) is 1. The van der Waals surface area contributed by atoms with E-state index in [2.05, 4.69) is 11.2 Å². The standard InChI is InChI=1S/C9H17NO/c1-3-4-5-6-7-10-8-9(2)11/h1,9-11H,4-8H2,2H3/t9-/m1/s1. The fraction of sp³-hybridized carbons (Fsp3) is 0.778. The molecule has 2 N–H and O–H groups in total. The van der Waals surface area contributed by atoms with Gasteiger partial charge in [-0.05, 0) is 26.3 Å². The van der Waals surface area contributed by atoms with Crippen LogP contribution in [0, 0.1) is 12.3 Å². The summed E-state index contributed by atoms with van der Waals surface area (Å²) >= 11 is 0. The van der Waals surface area contributed by atoms with Crippen molar-refractivity contribution < 1.29 is 5.11 Å². The topological polar surface area (TPSA) is 32.3 Å². The molecule has 11 heavy (non-hydrogen) atoms. The van der Waals surface area contributed by atoms with Gasteiger partial charge >= 0.3 is 0 Å². The minimum Gasteiger partial charge on any atom is -0.392 e. The van der Waals surface area contributed by atoms with Gasteiger partial charge in [0.25, 0.3) is 0 Å². The van der Waals surface area contributed by atoms with Crippen LogP contribution in [0.15, 0.2) is 0 Å². The first kappa shape index (κ1) is 10.5. The van der Waals surface area contributed by atoms with Crippen molar-refractivity contribution in [3.8, 4) is 12.3 Å². The van der Waals surface area contributed by atoms with E-state index in [4.69, 9.17) is 11.5 Å². The fourth-order valence-corrected chi connectivity index (χ4v) is 0.788. The highest BCUT2D eigenvalue weighted by molar-refractivity contribution is 4.82. The van der Waals surface area contributed by atoms with Crippen molar-refractivity contribution in [1.82, 2.24) is 5.32 Å². The molecule has 0 aliphatic carbocycles. The quantitative estimate of drug-likeness (QED) is 0.438. The maximum atomic E-state index is 8.86. The summed E-state index contributed by atoms with van der Waals surface area (Å²) in [6, 6.07) is 0. The predicted molar refractivity (Wildman–Crippen MR) is 47.2 cm³/mol. The van der Waals surface area contributed by atoms with E-state index in [0.717, 1.165) is 25.8 Å². The molecule has 0 saturated heterocycles. The van der Waals surface area contributed by atoms with Crippen LogP contribution in [0.3, 0.4) is 0 Å². The van der Waals surface area contributed by atoms with Gasteiger partial charge in [-0.15, -0.1) is 12.3 Å². The molecular formula is C9H17NO. The molecule has 0 aliphatic rings. The summed E-state index contributed by atoms with van der Waals surface area (Å²) in [5.41, 5.74) is 0. The van der Waals surface area contributed by atoms with Crippen molar-refractivity contribution in [3.05, 3.63) is 0 Å². The SMILES string of the molecule is C#CCCCCNC[C@@H](C)O. The van der Waals surface area contributed by atoms with Gasteiger partial charge in [0.05, 0.1) is 6.10 Å². The summed E-state index contributed by atoms with van der Waals surface area (Å²) in [5, 5.41) is 12.0. The summed E-state index contributed by atoms with van der Waals surface area (Å²) < 4.78 is 0. The number of terminal acetylenes is 1. The Kier molecular flexibility index (Phi) is 7.23. The smallest absolute Gasteiger partial charge is 0.0636 e. The van der Waals surface area contributed by atoms with Crippen LogP contribution < -0.4 is 5.32 Å². The molecule has 0 aromatic carbocycles. The molecule has 0 aliphatic heterocycles. The lowest BCUT2D eigenvalue weighted by Gasteiger charge is -2.05. The number of aliphatic hydroxyl groups excluding tert-OH is 1. The average molecular weight is 155 g/mol. The Morgan fingerprint density at radius 1 is 1.55 bits per heavy atom. The minimum absolute atomic E-state index is 0.248. The van der Waals surface area contributed by atoms with Crippen LogP contribution in [0.5, 0.6) is 0 Å². The zero-order valence-electron chi connectivity index (χ0n) is 7.14. The normalized spacial score (nSPS) is 12.5.